The van der Waals surface area contributed by atoms with Crippen molar-refractivity contribution in [3.63, 3.8) is 0 Å². The largest absolute Gasteiger partial charge is 0.316 e. The fourth-order valence-corrected chi connectivity index (χ4v) is 3.18. The molecule has 0 aliphatic carbocycles. The van der Waals surface area contributed by atoms with E-state index < -0.39 is 0 Å². The number of benzene rings is 1. The van der Waals surface area contributed by atoms with Gasteiger partial charge < -0.3 is 5.32 Å². The van der Waals surface area contributed by atoms with Gasteiger partial charge in [-0.25, -0.2) is 0 Å². The first-order valence-corrected chi connectivity index (χ1v) is 7.48. The molecular weight excluding hydrogens is 238 g/mol. The molecular formula is C16H21NS. The lowest BCUT2D eigenvalue weighted by molar-refractivity contribution is 0.597. The lowest BCUT2D eigenvalue weighted by Crippen LogP contribution is -2.22. The number of nitrogens with one attached hydrogen (secondary N) is 1. The number of rotatable bonds is 6. The Kier molecular flexibility index (Phi) is 4.97. The average molecular weight is 259 g/mol. The molecule has 0 fully saturated rings. The number of hydrogen-bond donors (Lipinski definition) is 1. The van der Waals surface area contributed by atoms with Gasteiger partial charge in [0, 0.05) is 17.3 Å². The van der Waals surface area contributed by atoms with E-state index in [1.807, 2.05) is 11.3 Å². The zero-order valence-electron chi connectivity index (χ0n) is 11.1. The van der Waals surface area contributed by atoms with Gasteiger partial charge in [0.2, 0.25) is 0 Å². The zero-order chi connectivity index (χ0) is 12.8. The number of aryl methyl sites for hydroxylation is 1. The molecule has 2 aromatic rings. The van der Waals surface area contributed by atoms with E-state index in [9.17, 15) is 0 Å². The van der Waals surface area contributed by atoms with Crippen molar-refractivity contribution in [2.75, 3.05) is 13.1 Å². The minimum Gasteiger partial charge on any atom is -0.316 e. The van der Waals surface area contributed by atoms with Crippen LogP contribution < -0.4 is 5.32 Å². The molecule has 2 heteroatoms. The Morgan fingerprint density at radius 2 is 1.94 bits per heavy atom. The Balaban J connectivity index is 2.13. The van der Waals surface area contributed by atoms with E-state index in [1.54, 1.807) is 0 Å². The smallest absolute Gasteiger partial charge is 0.00809 e. The van der Waals surface area contributed by atoms with Crippen LogP contribution in [0.4, 0.5) is 0 Å². The normalized spacial score (nSPS) is 12.6. The number of hydrogen-bond acceptors (Lipinski definition) is 2. The molecule has 1 atom stereocenters. The van der Waals surface area contributed by atoms with E-state index in [1.165, 1.54) is 16.0 Å². The van der Waals surface area contributed by atoms with Gasteiger partial charge in [-0.1, -0.05) is 37.3 Å². The van der Waals surface area contributed by atoms with Gasteiger partial charge in [0.1, 0.15) is 0 Å². The number of likely N-dealkylation sites (N-methyl/N-ethyl adjacent to an activating group) is 1. The molecule has 0 aliphatic heterocycles. The van der Waals surface area contributed by atoms with E-state index >= 15 is 0 Å². The van der Waals surface area contributed by atoms with Crippen molar-refractivity contribution in [3.8, 4) is 0 Å². The van der Waals surface area contributed by atoms with Crippen molar-refractivity contribution in [2.45, 2.75) is 26.2 Å². The summed E-state index contributed by atoms with van der Waals surface area (Å²) in [7, 11) is 0. The summed E-state index contributed by atoms with van der Waals surface area (Å²) in [5.41, 5.74) is 2.86. The Hall–Kier alpha value is -1.12. The van der Waals surface area contributed by atoms with Crippen LogP contribution in [0.15, 0.2) is 41.8 Å². The van der Waals surface area contributed by atoms with Gasteiger partial charge in [-0.05, 0) is 42.5 Å². The van der Waals surface area contributed by atoms with Crippen molar-refractivity contribution in [2.24, 2.45) is 0 Å². The molecule has 96 valence electrons. The summed E-state index contributed by atoms with van der Waals surface area (Å²) in [6.07, 6.45) is 1.14. The summed E-state index contributed by atoms with van der Waals surface area (Å²) in [4.78, 5) is 1.52. The third-order valence-electron chi connectivity index (χ3n) is 3.31. The minimum absolute atomic E-state index is 0.573. The molecule has 2 rings (SSSR count). The second kappa shape index (κ2) is 6.72. The second-order valence-electron chi connectivity index (χ2n) is 4.65. The van der Waals surface area contributed by atoms with Crippen LogP contribution in [-0.4, -0.2) is 13.1 Å². The SMILES string of the molecule is CCNCC(Cc1sccc1C)c1ccccc1. The minimum atomic E-state index is 0.573. The summed E-state index contributed by atoms with van der Waals surface area (Å²) in [6, 6.07) is 13.1. The summed E-state index contributed by atoms with van der Waals surface area (Å²) < 4.78 is 0. The summed E-state index contributed by atoms with van der Waals surface area (Å²) >= 11 is 1.88. The first-order chi connectivity index (χ1) is 8.81. The Morgan fingerprint density at radius 3 is 2.56 bits per heavy atom. The van der Waals surface area contributed by atoms with Gasteiger partial charge in [0.25, 0.3) is 0 Å². The van der Waals surface area contributed by atoms with Gasteiger partial charge in [-0.15, -0.1) is 11.3 Å². The topological polar surface area (TPSA) is 12.0 Å². The first kappa shape index (κ1) is 13.3. The Bertz CT molecular complexity index is 461. The van der Waals surface area contributed by atoms with E-state index in [0.717, 1.165) is 19.5 Å². The average Bonchev–Trinajstić information content (AvgIpc) is 2.81. The highest BCUT2D eigenvalue weighted by Crippen LogP contribution is 2.25. The molecule has 0 bridgehead atoms. The van der Waals surface area contributed by atoms with E-state index in [-0.39, 0.29) is 0 Å². The molecule has 18 heavy (non-hydrogen) atoms. The fraction of sp³-hybridized carbons (Fsp3) is 0.375. The molecule has 0 radical (unpaired) electrons. The van der Waals surface area contributed by atoms with Crippen molar-refractivity contribution in [1.29, 1.82) is 0 Å². The van der Waals surface area contributed by atoms with Crippen LogP contribution in [0, 0.1) is 6.92 Å². The Labute approximate surface area is 114 Å². The Morgan fingerprint density at radius 1 is 1.17 bits per heavy atom. The third-order valence-corrected chi connectivity index (χ3v) is 4.36. The highest BCUT2D eigenvalue weighted by molar-refractivity contribution is 7.10. The summed E-state index contributed by atoms with van der Waals surface area (Å²) in [5.74, 6) is 0.573. The molecule has 0 aliphatic rings. The lowest BCUT2D eigenvalue weighted by atomic mass is 9.94. The quantitative estimate of drug-likeness (QED) is 0.827. The molecule has 0 spiro atoms. The molecule has 1 aromatic heterocycles. The summed E-state index contributed by atoms with van der Waals surface area (Å²) in [5, 5.41) is 5.68. The van der Waals surface area contributed by atoms with Crippen LogP contribution in [0.1, 0.15) is 28.8 Å². The molecule has 1 unspecified atom stereocenters. The van der Waals surface area contributed by atoms with E-state index in [4.69, 9.17) is 0 Å². The van der Waals surface area contributed by atoms with Gasteiger partial charge in [-0.3, -0.25) is 0 Å². The molecule has 0 saturated heterocycles. The standard InChI is InChI=1S/C16H21NS/c1-3-17-12-15(14-7-5-4-6-8-14)11-16-13(2)9-10-18-16/h4-10,15,17H,3,11-12H2,1-2H3. The number of thiophene rings is 1. The third kappa shape index (κ3) is 3.44. The molecule has 1 N–H and O–H groups in total. The van der Waals surface area contributed by atoms with Crippen LogP contribution in [0.3, 0.4) is 0 Å². The maximum atomic E-state index is 3.48. The zero-order valence-corrected chi connectivity index (χ0v) is 12.0. The molecule has 1 heterocycles. The van der Waals surface area contributed by atoms with Crippen LogP contribution in [0.2, 0.25) is 0 Å². The maximum absolute atomic E-state index is 3.48. The highest BCUT2D eigenvalue weighted by Gasteiger charge is 2.13. The monoisotopic (exact) mass is 259 g/mol. The first-order valence-electron chi connectivity index (χ1n) is 6.60. The van der Waals surface area contributed by atoms with Crippen LogP contribution in [-0.2, 0) is 6.42 Å². The van der Waals surface area contributed by atoms with Gasteiger partial charge in [0.05, 0.1) is 0 Å². The predicted octanol–water partition coefficient (Wildman–Crippen LogP) is 3.99. The molecule has 1 nitrogen and oxygen atoms in total. The lowest BCUT2D eigenvalue weighted by Gasteiger charge is -2.17. The molecule has 1 aromatic carbocycles. The van der Waals surface area contributed by atoms with Crippen molar-refractivity contribution in [3.05, 3.63) is 57.8 Å². The van der Waals surface area contributed by atoms with Gasteiger partial charge in [0.15, 0.2) is 0 Å². The summed E-state index contributed by atoms with van der Waals surface area (Å²) in [6.45, 7) is 6.46. The highest BCUT2D eigenvalue weighted by atomic mass is 32.1. The fourth-order valence-electron chi connectivity index (χ4n) is 2.19. The maximum Gasteiger partial charge on any atom is 0.00809 e. The second-order valence-corrected chi connectivity index (χ2v) is 5.65. The van der Waals surface area contributed by atoms with Gasteiger partial charge in [-0.2, -0.15) is 0 Å². The van der Waals surface area contributed by atoms with Gasteiger partial charge >= 0.3 is 0 Å². The molecule has 0 saturated carbocycles. The molecule has 0 amide bonds. The predicted molar refractivity (Wildman–Crippen MR) is 80.5 cm³/mol. The van der Waals surface area contributed by atoms with E-state index in [0.29, 0.717) is 5.92 Å². The van der Waals surface area contributed by atoms with Crippen LogP contribution in [0.5, 0.6) is 0 Å². The van der Waals surface area contributed by atoms with Crippen LogP contribution in [0.25, 0.3) is 0 Å². The van der Waals surface area contributed by atoms with Crippen molar-refractivity contribution >= 4 is 11.3 Å². The van der Waals surface area contributed by atoms with E-state index in [2.05, 4.69) is 60.9 Å². The van der Waals surface area contributed by atoms with Crippen LogP contribution >= 0.6 is 11.3 Å². The van der Waals surface area contributed by atoms with Crippen molar-refractivity contribution in [1.82, 2.24) is 5.32 Å². The van der Waals surface area contributed by atoms with Crippen molar-refractivity contribution < 1.29 is 0 Å².